The summed E-state index contributed by atoms with van der Waals surface area (Å²) in [6.45, 7) is 7.97. The molecular weight excluding hydrogens is 298 g/mol. The zero-order valence-corrected chi connectivity index (χ0v) is 13.8. The van der Waals surface area contributed by atoms with E-state index in [-0.39, 0.29) is 11.9 Å². The summed E-state index contributed by atoms with van der Waals surface area (Å²) in [5, 5.41) is 6.11. The highest BCUT2D eigenvalue weighted by molar-refractivity contribution is 7.16. The van der Waals surface area contributed by atoms with E-state index in [0.29, 0.717) is 6.54 Å². The Balaban J connectivity index is 1.60. The second-order valence-corrected chi connectivity index (χ2v) is 6.72. The highest BCUT2D eigenvalue weighted by Crippen LogP contribution is 2.27. The number of fused-ring (bicyclic) bond motifs is 1. The highest BCUT2D eigenvalue weighted by atomic mass is 32.1. The summed E-state index contributed by atoms with van der Waals surface area (Å²) in [4.78, 5) is 26.1. The van der Waals surface area contributed by atoms with E-state index in [0.717, 1.165) is 42.2 Å². The third kappa shape index (κ3) is 3.36. The third-order valence-electron chi connectivity index (χ3n) is 3.73. The van der Waals surface area contributed by atoms with Gasteiger partial charge in [0.05, 0.1) is 11.9 Å². The first-order valence-electron chi connectivity index (χ1n) is 7.58. The molecule has 118 valence electrons. The Morgan fingerprint density at radius 3 is 2.82 bits per heavy atom. The molecule has 7 heteroatoms. The Morgan fingerprint density at radius 1 is 1.32 bits per heavy atom. The maximum atomic E-state index is 11.8. The van der Waals surface area contributed by atoms with Crippen LogP contribution in [0.1, 0.15) is 13.8 Å². The van der Waals surface area contributed by atoms with Crippen molar-refractivity contribution in [2.75, 3.05) is 37.6 Å². The molecule has 0 saturated carbocycles. The predicted molar refractivity (Wildman–Crippen MR) is 89.3 cm³/mol. The lowest BCUT2D eigenvalue weighted by Gasteiger charge is -2.35. The zero-order chi connectivity index (χ0) is 15.5. The molecule has 1 aliphatic heterocycles. The molecule has 1 amide bonds. The summed E-state index contributed by atoms with van der Waals surface area (Å²) in [5.74, 6) is 1.11. The largest absolute Gasteiger partial charge is 0.353 e. The van der Waals surface area contributed by atoms with Crippen molar-refractivity contribution in [3.8, 4) is 0 Å². The first kappa shape index (κ1) is 15.2. The van der Waals surface area contributed by atoms with Gasteiger partial charge in [0.2, 0.25) is 5.91 Å². The number of carbonyl (C=O) groups excluding carboxylic acids is 1. The number of anilines is 1. The van der Waals surface area contributed by atoms with Crippen LogP contribution in [-0.2, 0) is 4.79 Å². The van der Waals surface area contributed by atoms with Gasteiger partial charge in [-0.3, -0.25) is 9.69 Å². The molecule has 1 aliphatic rings. The molecular formula is C15H21N5OS. The van der Waals surface area contributed by atoms with Gasteiger partial charge >= 0.3 is 0 Å². The fourth-order valence-electron chi connectivity index (χ4n) is 2.72. The number of thiophene rings is 1. The maximum Gasteiger partial charge on any atom is 0.234 e. The van der Waals surface area contributed by atoms with Crippen LogP contribution in [0, 0.1) is 0 Å². The lowest BCUT2D eigenvalue weighted by molar-refractivity contribution is -0.122. The topological polar surface area (TPSA) is 61.4 Å². The lowest BCUT2D eigenvalue weighted by Crippen LogP contribution is -2.50. The molecule has 3 heterocycles. The Bertz CT molecular complexity index is 648. The van der Waals surface area contributed by atoms with Crippen molar-refractivity contribution in [1.82, 2.24) is 20.2 Å². The van der Waals surface area contributed by atoms with Crippen LogP contribution >= 0.6 is 11.3 Å². The summed E-state index contributed by atoms with van der Waals surface area (Å²) in [5.41, 5.74) is 0. The Morgan fingerprint density at radius 2 is 2.09 bits per heavy atom. The fraction of sp³-hybridized carbons (Fsp3) is 0.533. The van der Waals surface area contributed by atoms with Crippen LogP contribution in [0.2, 0.25) is 0 Å². The fourth-order valence-corrected chi connectivity index (χ4v) is 3.44. The van der Waals surface area contributed by atoms with E-state index in [9.17, 15) is 4.79 Å². The SMILES string of the molecule is CC(C)NC(=O)CN1CCN(c2ncnc3sccc23)CC1. The van der Waals surface area contributed by atoms with Crippen molar-refractivity contribution in [2.24, 2.45) is 0 Å². The number of nitrogens with one attached hydrogen (secondary N) is 1. The number of hydrogen-bond donors (Lipinski definition) is 1. The normalized spacial score (nSPS) is 16.4. The molecule has 6 nitrogen and oxygen atoms in total. The third-order valence-corrected chi connectivity index (χ3v) is 4.55. The summed E-state index contributed by atoms with van der Waals surface area (Å²) in [6.07, 6.45) is 1.64. The average Bonchev–Trinajstić information content (AvgIpc) is 2.95. The Labute approximate surface area is 134 Å². The standard InChI is InChI=1S/C15H21N5OS/c1-11(2)18-13(21)9-19-4-6-20(7-5-19)14-12-3-8-22-15(12)17-10-16-14/h3,8,10-11H,4-7,9H2,1-2H3,(H,18,21). The van der Waals surface area contributed by atoms with Gasteiger partial charge in [-0.2, -0.15) is 0 Å². The van der Waals surface area contributed by atoms with Crippen molar-refractivity contribution in [3.63, 3.8) is 0 Å². The minimum Gasteiger partial charge on any atom is -0.353 e. The Kier molecular flexibility index (Phi) is 4.54. The molecule has 22 heavy (non-hydrogen) atoms. The van der Waals surface area contributed by atoms with Crippen molar-refractivity contribution >= 4 is 33.3 Å². The minimum absolute atomic E-state index is 0.103. The predicted octanol–water partition coefficient (Wildman–Crippen LogP) is 1.34. The first-order chi connectivity index (χ1) is 10.6. The molecule has 0 aliphatic carbocycles. The summed E-state index contributed by atoms with van der Waals surface area (Å²) < 4.78 is 0. The molecule has 2 aromatic heterocycles. The second-order valence-electron chi connectivity index (χ2n) is 5.82. The molecule has 2 aromatic rings. The van der Waals surface area contributed by atoms with Crippen LogP contribution in [0.4, 0.5) is 5.82 Å². The van der Waals surface area contributed by atoms with E-state index < -0.39 is 0 Å². The average molecular weight is 319 g/mol. The zero-order valence-electron chi connectivity index (χ0n) is 13.0. The van der Waals surface area contributed by atoms with Gasteiger partial charge in [0.1, 0.15) is 17.0 Å². The quantitative estimate of drug-likeness (QED) is 0.921. The maximum absolute atomic E-state index is 11.8. The van der Waals surface area contributed by atoms with Gasteiger partial charge in [-0.15, -0.1) is 11.3 Å². The van der Waals surface area contributed by atoms with E-state index >= 15 is 0 Å². The van der Waals surface area contributed by atoms with Gasteiger partial charge in [-0.05, 0) is 25.3 Å². The van der Waals surface area contributed by atoms with Gasteiger partial charge in [0.15, 0.2) is 0 Å². The first-order valence-corrected chi connectivity index (χ1v) is 8.46. The van der Waals surface area contributed by atoms with E-state index in [1.54, 1.807) is 17.7 Å². The van der Waals surface area contributed by atoms with Gasteiger partial charge < -0.3 is 10.2 Å². The van der Waals surface area contributed by atoms with Crippen molar-refractivity contribution < 1.29 is 4.79 Å². The van der Waals surface area contributed by atoms with Crippen LogP contribution in [0.15, 0.2) is 17.8 Å². The molecule has 3 rings (SSSR count). The van der Waals surface area contributed by atoms with Gasteiger partial charge in [0.25, 0.3) is 0 Å². The number of aromatic nitrogens is 2. The van der Waals surface area contributed by atoms with Crippen molar-refractivity contribution in [3.05, 3.63) is 17.8 Å². The van der Waals surface area contributed by atoms with Crippen molar-refractivity contribution in [1.29, 1.82) is 0 Å². The minimum atomic E-state index is 0.103. The number of hydrogen-bond acceptors (Lipinski definition) is 6. The number of piperazine rings is 1. The summed E-state index contributed by atoms with van der Waals surface area (Å²) in [7, 11) is 0. The molecule has 0 radical (unpaired) electrons. The van der Waals surface area contributed by atoms with E-state index in [4.69, 9.17) is 0 Å². The van der Waals surface area contributed by atoms with Crippen LogP contribution in [-0.4, -0.2) is 59.5 Å². The molecule has 1 fully saturated rings. The number of nitrogens with zero attached hydrogens (tertiary/aromatic N) is 4. The van der Waals surface area contributed by atoms with E-state index in [2.05, 4.69) is 36.5 Å². The van der Waals surface area contributed by atoms with Crippen LogP contribution in [0.5, 0.6) is 0 Å². The number of rotatable bonds is 4. The lowest BCUT2D eigenvalue weighted by atomic mass is 10.2. The highest BCUT2D eigenvalue weighted by Gasteiger charge is 2.21. The van der Waals surface area contributed by atoms with Crippen molar-refractivity contribution in [2.45, 2.75) is 19.9 Å². The molecule has 0 spiro atoms. The van der Waals surface area contributed by atoms with Crippen LogP contribution in [0.25, 0.3) is 10.2 Å². The molecule has 0 atom stereocenters. The number of carbonyl (C=O) groups is 1. The summed E-state index contributed by atoms with van der Waals surface area (Å²) >= 11 is 1.64. The van der Waals surface area contributed by atoms with E-state index in [1.807, 2.05) is 13.8 Å². The van der Waals surface area contributed by atoms with Gasteiger partial charge in [-0.25, -0.2) is 9.97 Å². The van der Waals surface area contributed by atoms with E-state index in [1.165, 1.54) is 0 Å². The smallest absolute Gasteiger partial charge is 0.234 e. The number of amides is 1. The Hall–Kier alpha value is -1.73. The molecule has 0 unspecified atom stereocenters. The van der Waals surface area contributed by atoms with Gasteiger partial charge in [0, 0.05) is 32.2 Å². The molecule has 1 N–H and O–H groups in total. The molecule has 0 bridgehead atoms. The monoisotopic (exact) mass is 319 g/mol. The summed E-state index contributed by atoms with van der Waals surface area (Å²) in [6, 6.07) is 2.28. The van der Waals surface area contributed by atoms with Crippen LogP contribution < -0.4 is 10.2 Å². The second kappa shape index (κ2) is 6.58. The molecule has 1 saturated heterocycles. The van der Waals surface area contributed by atoms with Crippen LogP contribution in [0.3, 0.4) is 0 Å². The molecule has 0 aromatic carbocycles. The van der Waals surface area contributed by atoms with Gasteiger partial charge in [-0.1, -0.05) is 0 Å².